The van der Waals surface area contributed by atoms with Gasteiger partial charge in [-0.2, -0.15) is 5.10 Å². The third-order valence-corrected chi connectivity index (χ3v) is 7.61. The summed E-state index contributed by atoms with van der Waals surface area (Å²) in [6, 6.07) is 8.84. The fourth-order valence-electron chi connectivity index (χ4n) is 5.50. The number of benzene rings is 1. The Kier molecular flexibility index (Phi) is 7.51. The molecule has 0 spiro atoms. The Hall–Kier alpha value is -2.99. The number of hydrogen-bond donors (Lipinski definition) is 0. The fourth-order valence-corrected chi connectivity index (χ4v) is 5.50. The van der Waals surface area contributed by atoms with Gasteiger partial charge in [-0.3, -0.25) is 4.99 Å². The molecular weight excluding hydrogens is 446 g/mol. The molecule has 3 aliphatic rings. The second-order valence-electron chi connectivity index (χ2n) is 10.4. The van der Waals surface area contributed by atoms with Crippen molar-refractivity contribution in [3.05, 3.63) is 70.2 Å². The lowest BCUT2D eigenvalue weighted by molar-refractivity contribution is 0.208. The molecule has 5 rings (SSSR count). The van der Waals surface area contributed by atoms with Crippen LogP contribution in [0.1, 0.15) is 62.0 Å². The number of nitrogens with zero attached hydrogens (tertiary/aromatic N) is 5. The van der Waals surface area contributed by atoms with Crippen molar-refractivity contribution < 1.29 is 4.74 Å². The van der Waals surface area contributed by atoms with Crippen LogP contribution in [-0.4, -0.2) is 59.6 Å². The van der Waals surface area contributed by atoms with Crippen molar-refractivity contribution in [1.82, 2.24) is 14.7 Å². The molecular formula is C30H39N5O. The average molecular weight is 486 g/mol. The topological polar surface area (TPSA) is 55.0 Å². The highest BCUT2D eigenvalue weighted by Gasteiger charge is 2.26. The Morgan fingerprint density at radius 2 is 1.94 bits per heavy atom. The minimum Gasteiger partial charge on any atom is -0.383 e. The number of fused-ring (bicyclic) bond motifs is 2. The zero-order chi connectivity index (χ0) is 25.1. The van der Waals surface area contributed by atoms with Gasteiger partial charge in [0.15, 0.2) is 5.84 Å². The highest BCUT2D eigenvalue weighted by molar-refractivity contribution is 6.12. The Bertz CT molecular complexity index is 1230. The molecule has 3 aliphatic heterocycles. The smallest absolute Gasteiger partial charge is 0.150 e. The molecule has 6 heteroatoms. The van der Waals surface area contributed by atoms with Gasteiger partial charge in [0.2, 0.25) is 0 Å². The van der Waals surface area contributed by atoms with E-state index in [1.807, 2.05) is 0 Å². The standard InChI is InChI=1S/C30H39N5O/c1-21-10-12-24-9-7-8-23(3)30(32-26(24)18-21)27-19-25-13-11-22(2)28(34-15-5-6-16-34)20-29(35(25)33-27)31-14-17-36-4/h8,10,12,18-20,22H,5-7,9,11,13-17H2,1-4H3/b23-8?,28-20+,31-29?,32-30?. The molecule has 1 fully saturated rings. The number of rotatable bonds is 5. The van der Waals surface area contributed by atoms with Crippen molar-refractivity contribution >= 4 is 17.2 Å². The average Bonchev–Trinajstić information content (AvgIpc) is 3.53. The van der Waals surface area contributed by atoms with E-state index in [2.05, 4.69) is 66.8 Å². The van der Waals surface area contributed by atoms with Crippen molar-refractivity contribution in [3.8, 4) is 0 Å². The molecule has 190 valence electrons. The summed E-state index contributed by atoms with van der Waals surface area (Å²) in [6.45, 7) is 10.1. The largest absolute Gasteiger partial charge is 0.383 e. The molecule has 0 saturated carbocycles. The van der Waals surface area contributed by atoms with E-state index in [1.165, 1.54) is 40.9 Å². The van der Waals surface area contributed by atoms with Gasteiger partial charge in [0.1, 0.15) is 5.69 Å². The minimum absolute atomic E-state index is 0.484. The summed E-state index contributed by atoms with van der Waals surface area (Å²) in [7, 11) is 1.73. The minimum atomic E-state index is 0.484. The zero-order valence-corrected chi connectivity index (χ0v) is 22.3. The lowest BCUT2D eigenvalue weighted by Gasteiger charge is -2.29. The van der Waals surface area contributed by atoms with E-state index in [9.17, 15) is 0 Å². The van der Waals surface area contributed by atoms with E-state index in [-0.39, 0.29) is 0 Å². The van der Waals surface area contributed by atoms with Crippen molar-refractivity contribution in [1.29, 1.82) is 0 Å². The van der Waals surface area contributed by atoms with Crippen LogP contribution in [0.15, 0.2) is 57.7 Å². The summed E-state index contributed by atoms with van der Waals surface area (Å²) in [5.74, 6) is 1.39. The van der Waals surface area contributed by atoms with Crippen molar-refractivity contribution in [3.63, 3.8) is 0 Å². The molecule has 1 unspecified atom stereocenters. The summed E-state index contributed by atoms with van der Waals surface area (Å²) in [5, 5.41) is 5.15. The molecule has 36 heavy (non-hydrogen) atoms. The molecule has 0 N–H and O–H groups in total. The number of methoxy groups -OCH3 is 1. The molecule has 2 aromatic rings. The van der Waals surface area contributed by atoms with Crippen LogP contribution in [-0.2, 0) is 17.6 Å². The van der Waals surface area contributed by atoms with E-state index >= 15 is 0 Å². The highest BCUT2D eigenvalue weighted by atomic mass is 16.5. The Morgan fingerprint density at radius 3 is 2.75 bits per heavy atom. The van der Waals surface area contributed by atoms with E-state index in [0.717, 1.165) is 61.7 Å². The third-order valence-electron chi connectivity index (χ3n) is 7.61. The van der Waals surface area contributed by atoms with Gasteiger partial charge in [0, 0.05) is 37.7 Å². The molecule has 1 atom stereocenters. The van der Waals surface area contributed by atoms with Crippen molar-refractivity contribution in [2.45, 2.75) is 59.3 Å². The van der Waals surface area contributed by atoms with E-state index in [1.54, 1.807) is 7.11 Å². The molecule has 4 heterocycles. The van der Waals surface area contributed by atoms with Gasteiger partial charge < -0.3 is 9.64 Å². The van der Waals surface area contributed by atoms with Crippen LogP contribution >= 0.6 is 0 Å². The first kappa shape index (κ1) is 24.7. The van der Waals surface area contributed by atoms with Crippen LogP contribution in [0.5, 0.6) is 0 Å². The normalized spacial score (nSPS) is 23.0. The summed E-state index contributed by atoms with van der Waals surface area (Å²) < 4.78 is 7.38. The molecule has 0 radical (unpaired) electrons. The van der Waals surface area contributed by atoms with Crippen molar-refractivity contribution in [2.75, 3.05) is 33.4 Å². The molecule has 0 amide bonds. The summed E-state index contributed by atoms with van der Waals surface area (Å²) in [6.07, 6.45) is 11.2. The summed E-state index contributed by atoms with van der Waals surface area (Å²) in [4.78, 5) is 12.7. The Balaban J connectivity index is 1.60. The van der Waals surface area contributed by atoms with Crippen LogP contribution in [0, 0.1) is 12.8 Å². The zero-order valence-electron chi connectivity index (χ0n) is 22.3. The number of aliphatic imine (C=N–C) groups is 2. The summed E-state index contributed by atoms with van der Waals surface area (Å²) in [5.41, 5.74) is 9.28. The monoisotopic (exact) mass is 485 g/mol. The van der Waals surface area contributed by atoms with Crippen LogP contribution in [0.3, 0.4) is 0 Å². The number of aryl methyl sites for hydroxylation is 3. The van der Waals surface area contributed by atoms with Crippen LogP contribution < -0.4 is 0 Å². The number of likely N-dealkylation sites (tertiary alicyclic amines) is 1. The van der Waals surface area contributed by atoms with Crippen LogP contribution in [0.4, 0.5) is 5.69 Å². The second kappa shape index (κ2) is 11.0. The number of hydrogen-bond acceptors (Lipinski definition) is 5. The van der Waals surface area contributed by atoms with Gasteiger partial charge in [-0.05, 0) is 87.1 Å². The molecule has 1 aromatic carbocycles. The maximum Gasteiger partial charge on any atom is 0.150 e. The first-order chi connectivity index (χ1) is 17.5. The van der Waals surface area contributed by atoms with E-state index in [0.29, 0.717) is 19.1 Å². The highest BCUT2D eigenvalue weighted by Crippen LogP contribution is 2.30. The second-order valence-corrected chi connectivity index (χ2v) is 10.4. The van der Waals surface area contributed by atoms with Crippen LogP contribution in [0.2, 0.25) is 0 Å². The van der Waals surface area contributed by atoms with Gasteiger partial charge in [0.05, 0.1) is 24.6 Å². The molecule has 0 aliphatic carbocycles. The quantitative estimate of drug-likeness (QED) is 0.514. The lowest BCUT2D eigenvalue weighted by atomic mass is 9.96. The number of ether oxygens (including phenoxy) is 1. The maximum absolute atomic E-state index is 5.31. The van der Waals surface area contributed by atoms with Gasteiger partial charge in [0.25, 0.3) is 0 Å². The first-order valence-electron chi connectivity index (χ1n) is 13.5. The molecule has 0 bridgehead atoms. The van der Waals surface area contributed by atoms with Crippen LogP contribution in [0.25, 0.3) is 0 Å². The lowest BCUT2D eigenvalue weighted by Crippen LogP contribution is -2.28. The number of aromatic nitrogens is 2. The summed E-state index contributed by atoms with van der Waals surface area (Å²) >= 11 is 0. The Morgan fingerprint density at radius 1 is 1.11 bits per heavy atom. The fraction of sp³-hybridized carbons (Fsp3) is 0.500. The third kappa shape index (κ3) is 5.24. The molecule has 1 saturated heterocycles. The molecule has 6 nitrogen and oxygen atoms in total. The van der Waals surface area contributed by atoms with Gasteiger partial charge in [-0.1, -0.05) is 25.1 Å². The predicted octanol–water partition coefficient (Wildman–Crippen LogP) is 5.66. The van der Waals surface area contributed by atoms with E-state index in [4.69, 9.17) is 19.8 Å². The van der Waals surface area contributed by atoms with Gasteiger partial charge in [-0.25, -0.2) is 9.67 Å². The van der Waals surface area contributed by atoms with E-state index < -0.39 is 0 Å². The Labute approximate surface area is 215 Å². The number of allylic oxidation sites excluding steroid dienone is 4. The SMILES string of the molecule is COCCN=C1/C=C(/N2CCCC2)C(C)CCc2cc(C3=Nc4cc(C)ccc4CCC=C3C)nn21. The molecule has 1 aromatic heterocycles. The predicted molar refractivity (Wildman–Crippen MR) is 148 cm³/mol. The van der Waals surface area contributed by atoms with Crippen molar-refractivity contribution in [2.24, 2.45) is 15.9 Å². The van der Waals surface area contributed by atoms with Gasteiger partial charge in [-0.15, -0.1) is 0 Å². The first-order valence-corrected chi connectivity index (χ1v) is 13.5. The maximum atomic E-state index is 5.31. The van der Waals surface area contributed by atoms with Gasteiger partial charge >= 0.3 is 0 Å².